The Kier molecular flexibility index (Phi) is 5.58. The fourth-order valence-electron chi connectivity index (χ4n) is 2.33. The predicted molar refractivity (Wildman–Crippen MR) is 84.7 cm³/mol. The van der Waals surface area contributed by atoms with E-state index in [4.69, 9.17) is 16.1 Å². The average molecular weight is 329 g/mol. The first-order chi connectivity index (χ1) is 9.72. The number of benzene rings is 1. The van der Waals surface area contributed by atoms with Gasteiger partial charge in [0.2, 0.25) is 11.7 Å². The van der Waals surface area contributed by atoms with E-state index in [1.165, 1.54) is 0 Å². The minimum absolute atomic E-state index is 0. The maximum absolute atomic E-state index is 5.87. The smallest absolute Gasteiger partial charge is 0.241 e. The van der Waals surface area contributed by atoms with Crippen molar-refractivity contribution in [2.75, 3.05) is 19.6 Å². The molecule has 5 nitrogen and oxygen atoms in total. The van der Waals surface area contributed by atoms with Crippen LogP contribution in [-0.4, -0.2) is 40.7 Å². The predicted octanol–water partition coefficient (Wildman–Crippen LogP) is 2.61. The summed E-state index contributed by atoms with van der Waals surface area (Å²) in [5, 5.41) is 8.10. The number of halogens is 2. The molecule has 1 atom stereocenters. The molecule has 1 saturated heterocycles. The molecule has 1 N–H and O–H groups in total. The number of rotatable bonds is 3. The molecule has 21 heavy (non-hydrogen) atoms. The molecule has 1 aromatic carbocycles. The van der Waals surface area contributed by atoms with Gasteiger partial charge in [-0.3, -0.25) is 4.90 Å². The Hall–Kier alpha value is -1.14. The van der Waals surface area contributed by atoms with Crippen molar-refractivity contribution in [3.63, 3.8) is 0 Å². The van der Waals surface area contributed by atoms with Crippen LogP contribution < -0.4 is 5.32 Å². The van der Waals surface area contributed by atoms with Crippen LogP contribution in [0.4, 0.5) is 0 Å². The van der Waals surface area contributed by atoms with Crippen molar-refractivity contribution in [3.05, 3.63) is 35.2 Å². The summed E-state index contributed by atoms with van der Waals surface area (Å²) in [5.41, 5.74) is 0.915. The van der Waals surface area contributed by atoms with E-state index in [1.54, 1.807) is 0 Å². The molecular weight excluding hydrogens is 311 g/mol. The van der Waals surface area contributed by atoms with Gasteiger partial charge in [0.1, 0.15) is 0 Å². The molecule has 2 heterocycles. The van der Waals surface area contributed by atoms with E-state index < -0.39 is 0 Å². The quantitative estimate of drug-likeness (QED) is 0.938. The molecule has 0 aliphatic carbocycles. The first-order valence-electron chi connectivity index (χ1n) is 6.75. The second kappa shape index (κ2) is 7.22. The normalized spacial score (nSPS) is 19.2. The highest BCUT2D eigenvalue weighted by Crippen LogP contribution is 2.19. The number of hydrogen-bond acceptors (Lipinski definition) is 5. The Bertz CT molecular complexity index is 573. The summed E-state index contributed by atoms with van der Waals surface area (Å²) in [7, 11) is 0. The highest BCUT2D eigenvalue weighted by atomic mass is 35.5. The largest absolute Gasteiger partial charge is 0.338 e. The fraction of sp³-hybridized carbons (Fsp3) is 0.429. The molecule has 0 unspecified atom stereocenters. The van der Waals surface area contributed by atoms with Crippen LogP contribution >= 0.6 is 24.0 Å². The Morgan fingerprint density at radius 3 is 2.86 bits per heavy atom. The van der Waals surface area contributed by atoms with Crippen LogP contribution in [0.25, 0.3) is 11.4 Å². The molecule has 1 aromatic heterocycles. The Morgan fingerprint density at radius 1 is 1.38 bits per heavy atom. The summed E-state index contributed by atoms with van der Waals surface area (Å²) >= 11 is 5.87. The number of nitrogens with one attached hydrogen (secondary N) is 1. The Balaban J connectivity index is 0.00000161. The first kappa shape index (κ1) is 16.2. The third-order valence-electron chi connectivity index (χ3n) is 3.55. The summed E-state index contributed by atoms with van der Waals surface area (Å²) in [4.78, 5) is 6.80. The second-order valence-electron chi connectivity index (χ2n) is 5.04. The number of piperazine rings is 1. The van der Waals surface area contributed by atoms with Crippen LogP contribution in [-0.2, 0) is 6.54 Å². The third kappa shape index (κ3) is 3.95. The maximum atomic E-state index is 5.87. The summed E-state index contributed by atoms with van der Waals surface area (Å²) < 4.78 is 5.34. The van der Waals surface area contributed by atoms with E-state index in [0.717, 1.165) is 25.2 Å². The van der Waals surface area contributed by atoms with Crippen LogP contribution in [0.15, 0.2) is 28.8 Å². The summed E-state index contributed by atoms with van der Waals surface area (Å²) in [6.07, 6.45) is 0. The summed E-state index contributed by atoms with van der Waals surface area (Å²) in [6, 6.07) is 7.92. The zero-order valence-electron chi connectivity index (χ0n) is 11.8. The van der Waals surface area contributed by atoms with Crippen molar-refractivity contribution in [1.29, 1.82) is 0 Å². The van der Waals surface area contributed by atoms with Crippen LogP contribution in [0.2, 0.25) is 5.02 Å². The van der Waals surface area contributed by atoms with Crippen molar-refractivity contribution in [1.82, 2.24) is 20.4 Å². The number of hydrogen-bond donors (Lipinski definition) is 1. The topological polar surface area (TPSA) is 54.2 Å². The number of aromatic nitrogens is 2. The SMILES string of the molecule is C[C@@H]1CNCCN1Cc1nc(-c2ccc(Cl)cc2)no1.Cl. The van der Waals surface area contributed by atoms with E-state index in [1.807, 2.05) is 24.3 Å². The lowest BCUT2D eigenvalue weighted by atomic mass is 10.2. The molecule has 3 rings (SSSR count). The van der Waals surface area contributed by atoms with Gasteiger partial charge in [0.05, 0.1) is 6.54 Å². The van der Waals surface area contributed by atoms with E-state index in [-0.39, 0.29) is 12.4 Å². The van der Waals surface area contributed by atoms with E-state index in [2.05, 4.69) is 27.3 Å². The van der Waals surface area contributed by atoms with Gasteiger partial charge in [-0.05, 0) is 31.2 Å². The monoisotopic (exact) mass is 328 g/mol. The first-order valence-corrected chi connectivity index (χ1v) is 7.13. The molecule has 0 bridgehead atoms. The summed E-state index contributed by atoms with van der Waals surface area (Å²) in [6.45, 7) is 5.90. The zero-order chi connectivity index (χ0) is 13.9. The van der Waals surface area contributed by atoms with E-state index in [0.29, 0.717) is 29.3 Å². The lowest BCUT2D eigenvalue weighted by Crippen LogP contribution is -2.49. The van der Waals surface area contributed by atoms with Crippen LogP contribution in [0, 0.1) is 0 Å². The van der Waals surface area contributed by atoms with Gasteiger partial charge < -0.3 is 9.84 Å². The molecule has 2 aromatic rings. The van der Waals surface area contributed by atoms with Gasteiger partial charge in [-0.15, -0.1) is 12.4 Å². The van der Waals surface area contributed by atoms with Crippen molar-refractivity contribution < 1.29 is 4.52 Å². The number of nitrogens with zero attached hydrogens (tertiary/aromatic N) is 3. The van der Waals surface area contributed by atoms with Crippen molar-refractivity contribution in [2.45, 2.75) is 19.5 Å². The van der Waals surface area contributed by atoms with E-state index >= 15 is 0 Å². The highest BCUT2D eigenvalue weighted by molar-refractivity contribution is 6.30. The summed E-state index contributed by atoms with van der Waals surface area (Å²) in [5.74, 6) is 1.27. The highest BCUT2D eigenvalue weighted by Gasteiger charge is 2.20. The van der Waals surface area contributed by atoms with Crippen molar-refractivity contribution >= 4 is 24.0 Å². The van der Waals surface area contributed by atoms with Crippen molar-refractivity contribution in [2.24, 2.45) is 0 Å². The van der Waals surface area contributed by atoms with Gasteiger partial charge in [0, 0.05) is 36.3 Å². The van der Waals surface area contributed by atoms with Gasteiger partial charge >= 0.3 is 0 Å². The molecule has 1 fully saturated rings. The zero-order valence-corrected chi connectivity index (χ0v) is 13.3. The Labute approximate surface area is 135 Å². The molecule has 114 valence electrons. The van der Waals surface area contributed by atoms with Gasteiger partial charge in [0.15, 0.2) is 0 Å². The molecular formula is C14H18Cl2N4O. The lowest BCUT2D eigenvalue weighted by molar-refractivity contribution is 0.146. The molecule has 7 heteroatoms. The minimum Gasteiger partial charge on any atom is -0.338 e. The molecule has 0 radical (unpaired) electrons. The van der Waals surface area contributed by atoms with Gasteiger partial charge in [-0.1, -0.05) is 16.8 Å². The Morgan fingerprint density at radius 2 is 2.14 bits per heavy atom. The van der Waals surface area contributed by atoms with Crippen LogP contribution in [0.1, 0.15) is 12.8 Å². The standard InChI is InChI=1S/C14H17ClN4O.ClH/c1-10-8-16-6-7-19(10)9-13-17-14(18-20-13)11-2-4-12(15)5-3-11;/h2-5,10,16H,6-9H2,1H3;1H/t10-;/m1./s1. The molecule has 0 amide bonds. The minimum atomic E-state index is 0. The second-order valence-corrected chi connectivity index (χ2v) is 5.48. The third-order valence-corrected chi connectivity index (χ3v) is 3.80. The molecule has 1 aliphatic heterocycles. The van der Waals surface area contributed by atoms with Crippen LogP contribution in [0.5, 0.6) is 0 Å². The lowest BCUT2D eigenvalue weighted by Gasteiger charge is -2.32. The fourth-order valence-corrected chi connectivity index (χ4v) is 2.45. The van der Waals surface area contributed by atoms with E-state index in [9.17, 15) is 0 Å². The molecule has 0 spiro atoms. The average Bonchev–Trinajstić information content (AvgIpc) is 2.91. The van der Waals surface area contributed by atoms with Crippen molar-refractivity contribution in [3.8, 4) is 11.4 Å². The molecule has 0 saturated carbocycles. The van der Waals surface area contributed by atoms with Gasteiger partial charge in [-0.25, -0.2) is 0 Å². The van der Waals surface area contributed by atoms with Crippen LogP contribution in [0.3, 0.4) is 0 Å². The van der Waals surface area contributed by atoms with Gasteiger partial charge in [0.25, 0.3) is 0 Å². The maximum Gasteiger partial charge on any atom is 0.241 e. The van der Waals surface area contributed by atoms with Gasteiger partial charge in [-0.2, -0.15) is 4.98 Å². The molecule has 1 aliphatic rings.